The van der Waals surface area contributed by atoms with E-state index in [1.165, 1.54) is 0 Å². The molecule has 1 aliphatic rings. The fraction of sp³-hybridized carbons (Fsp3) is 0.350. The van der Waals surface area contributed by atoms with E-state index >= 15 is 0 Å². The number of carbonyl (C=O) groups excluding carboxylic acids is 1. The number of nitrogens with zero attached hydrogens (tertiary/aromatic N) is 1. The van der Waals surface area contributed by atoms with Gasteiger partial charge in [-0.2, -0.15) is 0 Å². The molecule has 2 aromatic carbocycles. The van der Waals surface area contributed by atoms with E-state index in [1.54, 1.807) is 48.4 Å². The summed E-state index contributed by atoms with van der Waals surface area (Å²) in [4.78, 5) is 14.8. The van der Waals surface area contributed by atoms with E-state index in [1.807, 2.05) is 12.1 Å². The molecule has 7 heteroatoms. The van der Waals surface area contributed by atoms with Gasteiger partial charge >= 0.3 is 0 Å². The second-order valence-corrected chi connectivity index (χ2v) is 7.99. The molecule has 0 radical (unpaired) electrons. The number of amides is 1. The van der Waals surface area contributed by atoms with Gasteiger partial charge in [0.25, 0.3) is 5.91 Å². The maximum Gasteiger partial charge on any atom is 0.260 e. The highest BCUT2D eigenvalue weighted by molar-refractivity contribution is 7.92. The molecule has 1 N–H and O–H groups in total. The van der Waals surface area contributed by atoms with Gasteiger partial charge in [-0.3, -0.25) is 4.79 Å². The van der Waals surface area contributed by atoms with Crippen molar-refractivity contribution in [3.05, 3.63) is 54.1 Å². The Balaban J connectivity index is 1.54. The van der Waals surface area contributed by atoms with Crippen molar-refractivity contribution >= 4 is 17.1 Å². The van der Waals surface area contributed by atoms with Crippen LogP contribution in [0.3, 0.4) is 0 Å². The molecule has 2 unspecified atom stereocenters. The Morgan fingerprint density at radius 3 is 2.70 bits per heavy atom. The number of carbonyl (C=O) groups is 1. The molecule has 1 heterocycles. The molecule has 1 aliphatic heterocycles. The number of benzene rings is 2. The van der Waals surface area contributed by atoms with Crippen LogP contribution in [-0.2, 0) is 22.6 Å². The predicted molar refractivity (Wildman–Crippen MR) is 102 cm³/mol. The van der Waals surface area contributed by atoms with Crippen LogP contribution in [-0.4, -0.2) is 52.5 Å². The molecule has 6 nitrogen and oxygen atoms in total. The Bertz CT molecular complexity index is 767. The van der Waals surface area contributed by atoms with E-state index in [9.17, 15) is 9.35 Å². The van der Waals surface area contributed by atoms with Crippen molar-refractivity contribution in [1.82, 2.24) is 4.90 Å². The molecule has 3 rings (SSSR count). The van der Waals surface area contributed by atoms with Crippen LogP contribution in [0.1, 0.15) is 12.0 Å². The Labute approximate surface area is 161 Å². The lowest BCUT2D eigenvalue weighted by atomic mass is 10.2. The summed E-state index contributed by atoms with van der Waals surface area (Å²) in [6.45, 7) is 0.914. The summed E-state index contributed by atoms with van der Waals surface area (Å²) in [5, 5.41) is 8.92. The van der Waals surface area contributed by atoms with Gasteiger partial charge < -0.3 is 24.0 Å². The Hall–Kier alpha value is -2.22. The second kappa shape index (κ2) is 9.12. The average Bonchev–Trinajstić information content (AvgIpc) is 3.22. The standard InChI is InChI=1S/C20H23NO5S/c1-25-18-4-2-3-5-19(18)27(24)17-10-11-21(12-17)20(23)14-26-16-8-6-15(13-22)7-9-16/h2-9,17,22H,10-14H2,1H3. The zero-order valence-corrected chi connectivity index (χ0v) is 16.0. The normalized spacial score (nSPS) is 17.6. The molecule has 0 saturated carbocycles. The van der Waals surface area contributed by atoms with Gasteiger partial charge in [0.1, 0.15) is 11.0 Å². The third-order valence-electron chi connectivity index (χ3n) is 4.55. The first kappa shape index (κ1) is 19.5. The highest BCUT2D eigenvalue weighted by atomic mass is 32.2. The number of likely N-dealkylation sites (tertiary alicyclic amines) is 1. The van der Waals surface area contributed by atoms with Gasteiger partial charge in [-0.05, 0) is 41.0 Å². The quantitative estimate of drug-likeness (QED) is 0.732. The topological polar surface area (TPSA) is 82.1 Å². The van der Waals surface area contributed by atoms with Crippen LogP contribution in [0.25, 0.3) is 0 Å². The van der Waals surface area contributed by atoms with Crippen LogP contribution >= 0.6 is 0 Å². The number of aliphatic hydroxyl groups excluding tert-OH is 1. The number of aliphatic hydroxyl groups is 1. The summed E-state index contributed by atoms with van der Waals surface area (Å²) >= 11 is -1.23. The largest absolute Gasteiger partial charge is 0.611 e. The summed E-state index contributed by atoms with van der Waals surface area (Å²) in [5.74, 6) is 1.06. The fourth-order valence-electron chi connectivity index (χ4n) is 3.02. The first-order valence-electron chi connectivity index (χ1n) is 8.76. The number of methoxy groups -OCH3 is 1. The van der Waals surface area contributed by atoms with Gasteiger partial charge in [-0.1, -0.05) is 24.3 Å². The van der Waals surface area contributed by atoms with Crippen LogP contribution in [0.15, 0.2) is 53.4 Å². The number of rotatable bonds is 7. The van der Waals surface area contributed by atoms with E-state index in [0.29, 0.717) is 35.9 Å². The van der Waals surface area contributed by atoms with Gasteiger partial charge in [-0.15, -0.1) is 0 Å². The van der Waals surface area contributed by atoms with Crippen molar-refractivity contribution in [2.75, 3.05) is 26.8 Å². The predicted octanol–water partition coefficient (Wildman–Crippen LogP) is 1.98. The maximum atomic E-state index is 12.9. The van der Waals surface area contributed by atoms with Crippen molar-refractivity contribution in [3.63, 3.8) is 0 Å². The zero-order chi connectivity index (χ0) is 19.2. The summed E-state index contributed by atoms with van der Waals surface area (Å²) in [6.07, 6.45) is 0.682. The molecule has 144 valence electrons. The minimum atomic E-state index is -1.23. The van der Waals surface area contributed by atoms with E-state index in [0.717, 1.165) is 5.56 Å². The van der Waals surface area contributed by atoms with Gasteiger partial charge in [0.2, 0.25) is 0 Å². The Morgan fingerprint density at radius 2 is 2.00 bits per heavy atom. The zero-order valence-electron chi connectivity index (χ0n) is 15.2. The number of hydrogen-bond acceptors (Lipinski definition) is 5. The number of hydrogen-bond donors (Lipinski definition) is 1. The van der Waals surface area contributed by atoms with Crippen molar-refractivity contribution in [2.24, 2.45) is 0 Å². The molecule has 0 aliphatic carbocycles. The lowest BCUT2D eigenvalue weighted by Crippen LogP contribution is -2.35. The van der Waals surface area contributed by atoms with Gasteiger partial charge in [0.15, 0.2) is 17.3 Å². The van der Waals surface area contributed by atoms with E-state index < -0.39 is 11.2 Å². The lowest BCUT2D eigenvalue weighted by molar-refractivity contribution is -0.132. The van der Waals surface area contributed by atoms with Gasteiger partial charge in [0.05, 0.1) is 20.3 Å². The molecule has 1 saturated heterocycles. The first-order valence-corrected chi connectivity index (χ1v) is 9.97. The van der Waals surface area contributed by atoms with Crippen LogP contribution in [0, 0.1) is 0 Å². The lowest BCUT2D eigenvalue weighted by Gasteiger charge is -2.20. The molecule has 0 spiro atoms. The molecule has 27 heavy (non-hydrogen) atoms. The molecule has 0 aromatic heterocycles. The third kappa shape index (κ3) is 4.74. The molecule has 1 amide bonds. The summed E-state index contributed by atoms with van der Waals surface area (Å²) in [5.41, 5.74) is 0.787. The molecule has 2 atom stereocenters. The van der Waals surface area contributed by atoms with E-state index in [2.05, 4.69) is 0 Å². The molecular formula is C20H23NO5S. The van der Waals surface area contributed by atoms with Crippen molar-refractivity contribution < 1.29 is 23.9 Å². The monoisotopic (exact) mass is 389 g/mol. The summed E-state index contributed by atoms with van der Waals surface area (Å²) in [6, 6.07) is 14.2. The SMILES string of the molecule is COc1ccccc1[S+]([O-])C1CCN(C(=O)COc2ccc(CO)cc2)C1. The average molecular weight is 389 g/mol. The summed E-state index contributed by atoms with van der Waals surface area (Å²) < 4.78 is 23.7. The molecule has 1 fully saturated rings. The first-order chi connectivity index (χ1) is 13.1. The Kier molecular flexibility index (Phi) is 6.60. The summed E-state index contributed by atoms with van der Waals surface area (Å²) in [7, 11) is 1.56. The highest BCUT2D eigenvalue weighted by Gasteiger charge is 2.36. The third-order valence-corrected chi connectivity index (χ3v) is 6.32. The smallest absolute Gasteiger partial charge is 0.260 e. The minimum absolute atomic E-state index is 0.0300. The van der Waals surface area contributed by atoms with E-state index in [4.69, 9.17) is 14.6 Å². The minimum Gasteiger partial charge on any atom is -0.611 e. The fourth-order valence-corrected chi connectivity index (χ4v) is 4.58. The van der Waals surface area contributed by atoms with Crippen molar-refractivity contribution in [2.45, 2.75) is 23.2 Å². The van der Waals surface area contributed by atoms with Crippen LogP contribution in [0.5, 0.6) is 11.5 Å². The van der Waals surface area contributed by atoms with Gasteiger partial charge in [0, 0.05) is 13.0 Å². The second-order valence-electron chi connectivity index (χ2n) is 6.29. The highest BCUT2D eigenvalue weighted by Crippen LogP contribution is 2.30. The number of ether oxygens (including phenoxy) is 2. The molecule has 2 aromatic rings. The Morgan fingerprint density at radius 1 is 1.26 bits per heavy atom. The molecular weight excluding hydrogens is 366 g/mol. The van der Waals surface area contributed by atoms with Crippen LogP contribution in [0.4, 0.5) is 0 Å². The van der Waals surface area contributed by atoms with Crippen LogP contribution in [0.2, 0.25) is 0 Å². The van der Waals surface area contributed by atoms with Crippen LogP contribution < -0.4 is 9.47 Å². The maximum absolute atomic E-state index is 12.9. The van der Waals surface area contributed by atoms with Gasteiger partial charge in [-0.25, -0.2) is 0 Å². The van der Waals surface area contributed by atoms with Crippen molar-refractivity contribution in [1.29, 1.82) is 0 Å². The number of para-hydroxylation sites is 1. The van der Waals surface area contributed by atoms with E-state index in [-0.39, 0.29) is 24.4 Å². The molecule has 0 bridgehead atoms. The van der Waals surface area contributed by atoms with Crippen molar-refractivity contribution in [3.8, 4) is 11.5 Å².